The fourth-order valence-corrected chi connectivity index (χ4v) is 3.64. The van der Waals surface area contributed by atoms with E-state index in [0.29, 0.717) is 18.0 Å². The topological polar surface area (TPSA) is 6.48 Å². The van der Waals surface area contributed by atoms with Crippen molar-refractivity contribution in [3.8, 4) is 0 Å². The molecule has 2 nitrogen and oxygen atoms in total. The summed E-state index contributed by atoms with van der Waals surface area (Å²) in [6, 6.07) is 15.5. The summed E-state index contributed by atoms with van der Waals surface area (Å²) in [5.41, 5.74) is 6.91. The van der Waals surface area contributed by atoms with Crippen molar-refractivity contribution in [3.05, 3.63) is 53.6 Å². The molecule has 1 heterocycles. The Balaban J connectivity index is 2.26. The standard InChI is InChI=1S/C21H28N2/c1-14(2)17-10-9-11-18(15(3)4)21(17)23-16(5)22(6)19-12-7-8-13-20(19)23/h7-16H,1-6H3. The molecule has 0 saturated carbocycles. The third-order valence-electron chi connectivity index (χ3n) is 5.04. The van der Waals surface area contributed by atoms with Gasteiger partial charge in [0.15, 0.2) is 0 Å². The summed E-state index contributed by atoms with van der Waals surface area (Å²) in [5, 5.41) is 0. The van der Waals surface area contributed by atoms with Crippen molar-refractivity contribution < 1.29 is 0 Å². The molecule has 0 amide bonds. The molecule has 0 spiro atoms. The van der Waals surface area contributed by atoms with Crippen molar-refractivity contribution in [3.63, 3.8) is 0 Å². The average Bonchev–Trinajstić information content (AvgIpc) is 2.78. The van der Waals surface area contributed by atoms with Crippen LogP contribution in [0.2, 0.25) is 0 Å². The Hall–Kier alpha value is -1.96. The lowest BCUT2D eigenvalue weighted by molar-refractivity contribution is 0.716. The van der Waals surface area contributed by atoms with Gasteiger partial charge in [0.1, 0.15) is 6.17 Å². The van der Waals surface area contributed by atoms with E-state index in [1.54, 1.807) is 0 Å². The first kappa shape index (κ1) is 15.9. The van der Waals surface area contributed by atoms with Crippen LogP contribution in [0.25, 0.3) is 0 Å². The van der Waals surface area contributed by atoms with Gasteiger partial charge in [-0.3, -0.25) is 0 Å². The Labute approximate surface area is 140 Å². The number of hydrogen-bond acceptors (Lipinski definition) is 2. The maximum Gasteiger partial charge on any atom is 0.103 e. The number of fused-ring (bicyclic) bond motifs is 1. The van der Waals surface area contributed by atoms with Crippen molar-refractivity contribution in [2.24, 2.45) is 0 Å². The van der Waals surface area contributed by atoms with E-state index in [2.05, 4.69) is 93.9 Å². The smallest absolute Gasteiger partial charge is 0.103 e. The lowest BCUT2D eigenvalue weighted by Crippen LogP contribution is -2.36. The molecule has 2 aromatic carbocycles. The summed E-state index contributed by atoms with van der Waals surface area (Å²) in [5.74, 6) is 1.02. The van der Waals surface area contributed by atoms with Gasteiger partial charge >= 0.3 is 0 Å². The van der Waals surface area contributed by atoms with Crippen LogP contribution in [-0.2, 0) is 0 Å². The first-order valence-electron chi connectivity index (χ1n) is 8.67. The van der Waals surface area contributed by atoms with E-state index in [1.165, 1.54) is 28.2 Å². The number of anilines is 3. The van der Waals surface area contributed by atoms with Crippen molar-refractivity contribution in [2.75, 3.05) is 16.8 Å². The molecule has 0 fully saturated rings. The lowest BCUT2D eigenvalue weighted by atomic mass is 9.91. The minimum absolute atomic E-state index is 0.324. The van der Waals surface area contributed by atoms with Crippen LogP contribution in [0.15, 0.2) is 42.5 Å². The maximum atomic E-state index is 2.53. The second-order valence-electron chi connectivity index (χ2n) is 7.20. The number of hydrogen-bond donors (Lipinski definition) is 0. The fourth-order valence-electron chi connectivity index (χ4n) is 3.64. The number of benzene rings is 2. The highest BCUT2D eigenvalue weighted by Gasteiger charge is 2.34. The summed E-state index contributed by atoms with van der Waals surface area (Å²) >= 11 is 0. The zero-order valence-corrected chi connectivity index (χ0v) is 15.2. The average molecular weight is 308 g/mol. The van der Waals surface area contributed by atoms with E-state index < -0.39 is 0 Å². The van der Waals surface area contributed by atoms with Gasteiger partial charge in [0, 0.05) is 12.7 Å². The largest absolute Gasteiger partial charge is 0.353 e. The van der Waals surface area contributed by atoms with E-state index in [0.717, 1.165) is 0 Å². The van der Waals surface area contributed by atoms with Gasteiger partial charge in [-0.05, 0) is 42.0 Å². The van der Waals surface area contributed by atoms with Crippen LogP contribution in [0.5, 0.6) is 0 Å². The molecule has 122 valence electrons. The van der Waals surface area contributed by atoms with Crippen LogP contribution in [0.4, 0.5) is 17.1 Å². The van der Waals surface area contributed by atoms with Gasteiger partial charge in [0.2, 0.25) is 0 Å². The van der Waals surface area contributed by atoms with Gasteiger partial charge in [-0.25, -0.2) is 0 Å². The van der Waals surface area contributed by atoms with Crippen molar-refractivity contribution in [1.29, 1.82) is 0 Å². The highest BCUT2D eigenvalue weighted by Crippen LogP contribution is 2.47. The second-order valence-corrected chi connectivity index (χ2v) is 7.20. The van der Waals surface area contributed by atoms with Gasteiger partial charge in [-0.1, -0.05) is 58.0 Å². The zero-order chi connectivity index (χ0) is 16.7. The Morgan fingerprint density at radius 2 is 1.30 bits per heavy atom. The predicted molar refractivity (Wildman–Crippen MR) is 101 cm³/mol. The molecule has 1 atom stereocenters. The first-order valence-corrected chi connectivity index (χ1v) is 8.67. The molecule has 1 aliphatic heterocycles. The van der Waals surface area contributed by atoms with Crippen molar-refractivity contribution in [2.45, 2.75) is 52.6 Å². The SMILES string of the molecule is CC(C)c1cccc(C(C)C)c1N1c2ccccc2N(C)C1C. The van der Waals surface area contributed by atoms with Crippen LogP contribution in [0.3, 0.4) is 0 Å². The summed E-state index contributed by atoms with van der Waals surface area (Å²) in [4.78, 5) is 4.90. The van der Waals surface area contributed by atoms with E-state index >= 15 is 0 Å². The van der Waals surface area contributed by atoms with E-state index in [-0.39, 0.29) is 0 Å². The molecule has 1 unspecified atom stereocenters. The predicted octanol–water partition coefficient (Wildman–Crippen LogP) is 5.87. The van der Waals surface area contributed by atoms with Gasteiger partial charge in [-0.15, -0.1) is 0 Å². The summed E-state index contributed by atoms with van der Waals surface area (Å²) in [7, 11) is 2.19. The molecular formula is C21H28N2. The molecule has 1 aliphatic rings. The molecule has 3 rings (SSSR count). The summed E-state index contributed by atoms with van der Waals surface area (Å²) in [6.45, 7) is 11.5. The Kier molecular flexibility index (Phi) is 4.09. The molecule has 23 heavy (non-hydrogen) atoms. The summed E-state index contributed by atoms with van der Waals surface area (Å²) in [6.07, 6.45) is 0.324. The van der Waals surface area contributed by atoms with Crippen molar-refractivity contribution in [1.82, 2.24) is 0 Å². The maximum absolute atomic E-state index is 2.53. The molecular weight excluding hydrogens is 280 g/mol. The Morgan fingerprint density at radius 3 is 1.83 bits per heavy atom. The number of rotatable bonds is 3. The highest BCUT2D eigenvalue weighted by molar-refractivity contribution is 5.85. The minimum atomic E-state index is 0.324. The van der Waals surface area contributed by atoms with Crippen LogP contribution in [-0.4, -0.2) is 13.2 Å². The van der Waals surface area contributed by atoms with E-state index in [4.69, 9.17) is 0 Å². The summed E-state index contributed by atoms with van der Waals surface area (Å²) < 4.78 is 0. The van der Waals surface area contributed by atoms with Crippen LogP contribution >= 0.6 is 0 Å². The molecule has 0 radical (unpaired) electrons. The normalized spacial score (nSPS) is 17.3. The van der Waals surface area contributed by atoms with E-state index in [9.17, 15) is 0 Å². The first-order chi connectivity index (χ1) is 10.9. The van der Waals surface area contributed by atoms with Crippen LogP contribution < -0.4 is 9.80 Å². The minimum Gasteiger partial charge on any atom is -0.353 e. The van der Waals surface area contributed by atoms with Crippen LogP contribution in [0.1, 0.15) is 57.6 Å². The molecule has 0 N–H and O–H groups in total. The fraction of sp³-hybridized carbons (Fsp3) is 0.429. The quantitative estimate of drug-likeness (QED) is 0.700. The molecule has 0 aliphatic carbocycles. The van der Waals surface area contributed by atoms with Gasteiger partial charge < -0.3 is 9.80 Å². The van der Waals surface area contributed by atoms with Gasteiger partial charge in [-0.2, -0.15) is 0 Å². The Morgan fingerprint density at radius 1 is 0.783 bits per heavy atom. The van der Waals surface area contributed by atoms with E-state index in [1.807, 2.05) is 0 Å². The highest BCUT2D eigenvalue weighted by atomic mass is 15.4. The zero-order valence-electron chi connectivity index (χ0n) is 15.2. The van der Waals surface area contributed by atoms with Crippen molar-refractivity contribution >= 4 is 17.1 Å². The monoisotopic (exact) mass is 308 g/mol. The number of nitrogens with zero attached hydrogens (tertiary/aromatic N) is 2. The third kappa shape index (κ3) is 2.50. The molecule has 0 saturated heterocycles. The molecule has 0 aromatic heterocycles. The number of para-hydroxylation sites is 3. The Bertz CT molecular complexity index is 676. The lowest BCUT2D eigenvalue weighted by Gasteiger charge is -2.33. The molecule has 2 heteroatoms. The van der Waals surface area contributed by atoms with Gasteiger partial charge in [0.25, 0.3) is 0 Å². The van der Waals surface area contributed by atoms with Gasteiger partial charge in [0.05, 0.1) is 11.4 Å². The molecule has 2 aromatic rings. The molecule has 0 bridgehead atoms. The third-order valence-corrected chi connectivity index (χ3v) is 5.04. The van der Waals surface area contributed by atoms with Crippen LogP contribution in [0, 0.1) is 0 Å². The second kappa shape index (κ2) is 5.92.